The fourth-order valence-corrected chi connectivity index (χ4v) is 1.64. The third kappa shape index (κ3) is 2.56. The molecule has 0 aliphatic heterocycles. The summed E-state index contributed by atoms with van der Waals surface area (Å²) in [5, 5.41) is 0.933. The van der Waals surface area contributed by atoms with E-state index in [-0.39, 0.29) is 5.63 Å². The average molecular weight is 230 g/mol. The van der Waals surface area contributed by atoms with Crippen molar-refractivity contribution in [1.82, 2.24) is 0 Å². The molecule has 0 saturated carbocycles. The molecule has 3 heteroatoms. The van der Waals surface area contributed by atoms with E-state index in [4.69, 9.17) is 9.15 Å². The minimum atomic E-state index is -0.333. The molecule has 0 aliphatic carbocycles. The van der Waals surface area contributed by atoms with E-state index in [1.807, 2.05) is 38.1 Å². The molecule has 1 aromatic carbocycles. The number of fused-ring (bicyclic) bond motifs is 1. The third-order valence-corrected chi connectivity index (χ3v) is 2.50. The minimum Gasteiger partial charge on any atom is -0.489 e. The predicted molar refractivity (Wildman–Crippen MR) is 67.5 cm³/mol. The standard InChI is InChI=1S/C14H14O3/c1-3-4-7-16-11-5-6-12-10(2)8-14(15)17-13(12)9-11/h3-6,8-9H,7H2,1-2H3/b4-3+. The van der Waals surface area contributed by atoms with Crippen LogP contribution in [0.1, 0.15) is 12.5 Å². The molecular weight excluding hydrogens is 216 g/mol. The highest BCUT2D eigenvalue weighted by atomic mass is 16.5. The molecule has 0 spiro atoms. The van der Waals surface area contributed by atoms with Gasteiger partial charge in [0.25, 0.3) is 0 Å². The lowest BCUT2D eigenvalue weighted by Gasteiger charge is -2.05. The smallest absolute Gasteiger partial charge is 0.336 e. The van der Waals surface area contributed by atoms with E-state index in [1.165, 1.54) is 6.07 Å². The van der Waals surface area contributed by atoms with Crippen molar-refractivity contribution >= 4 is 11.0 Å². The van der Waals surface area contributed by atoms with Crippen LogP contribution in [0, 0.1) is 6.92 Å². The molecule has 2 rings (SSSR count). The predicted octanol–water partition coefficient (Wildman–Crippen LogP) is 3.06. The number of benzene rings is 1. The fraction of sp³-hybridized carbons (Fsp3) is 0.214. The second-order valence-electron chi connectivity index (χ2n) is 3.79. The number of aryl methyl sites for hydroxylation is 1. The zero-order valence-electron chi connectivity index (χ0n) is 9.90. The Hall–Kier alpha value is -2.03. The van der Waals surface area contributed by atoms with E-state index in [0.29, 0.717) is 17.9 Å². The van der Waals surface area contributed by atoms with Gasteiger partial charge in [0.15, 0.2) is 0 Å². The highest BCUT2D eigenvalue weighted by molar-refractivity contribution is 5.81. The van der Waals surface area contributed by atoms with Crippen LogP contribution in [-0.2, 0) is 0 Å². The molecule has 0 N–H and O–H groups in total. The van der Waals surface area contributed by atoms with Crippen LogP contribution in [0.5, 0.6) is 5.75 Å². The maximum absolute atomic E-state index is 11.3. The number of ether oxygens (including phenoxy) is 1. The summed E-state index contributed by atoms with van der Waals surface area (Å²) in [5.41, 5.74) is 1.14. The van der Waals surface area contributed by atoms with E-state index in [2.05, 4.69) is 0 Å². The second kappa shape index (κ2) is 4.87. The normalized spacial score (nSPS) is 11.2. The van der Waals surface area contributed by atoms with Gasteiger partial charge in [0.05, 0.1) is 0 Å². The van der Waals surface area contributed by atoms with E-state index in [1.54, 1.807) is 6.07 Å². The van der Waals surface area contributed by atoms with Crippen LogP contribution in [-0.4, -0.2) is 6.61 Å². The number of allylic oxidation sites excluding steroid dienone is 1. The molecule has 3 nitrogen and oxygen atoms in total. The maximum atomic E-state index is 11.3. The summed E-state index contributed by atoms with van der Waals surface area (Å²) in [6, 6.07) is 7.01. The van der Waals surface area contributed by atoms with Crippen LogP contribution in [0.3, 0.4) is 0 Å². The number of hydrogen-bond donors (Lipinski definition) is 0. The van der Waals surface area contributed by atoms with Crippen molar-refractivity contribution < 1.29 is 9.15 Å². The Morgan fingerprint density at radius 2 is 2.18 bits per heavy atom. The van der Waals surface area contributed by atoms with Crippen molar-refractivity contribution in [3.63, 3.8) is 0 Å². The van der Waals surface area contributed by atoms with Gasteiger partial charge in [0.1, 0.15) is 17.9 Å². The van der Waals surface area contributed by atoms with Gasteiger partial charge in [0, 0.05) is 17.5 Å². The van der Waals surface area contributed by atoms with Crippen molar-refractivity contribution in [1.29, 1.82) is 0 Å². The lowest BCUT2D eigenvalue weighted by molar-refractivity contribution is 0.362. The molecule has 2 aromatic rings. The van der Waals surface area contributed by atoms with E-state index in [9.17, 15) is 4.79 Å². The first-order chi connectivity index (χ1) is 8.20. The van der Waals surface area contributed by atoms with Crippen molar-refractivity contribution in [2.45, 2.75) is 13.8 Å². The second-order valence-corrected chi connectivity index (χ2v) is 3.79. The molecule has 0 unspecified atom stereocenters. The van der Waals surface area contributed by atoms with E-state index >= 15 is 0 Å². The first-order valence-electron chi connectivity index (χ1n) is 5.49. The highest BCUT2D eigenvalue weighted by Crippen LogP contribution is 2.22. The molecule has 0 amide bonds. The van der Waals surface area contributed by atoms with Gasteiger partial charge in [-0.25, -0.2) is 4.79 Å². The number of rotatable bonds is 3. The van der Waals surface area contributed by atoms with Crippen LogP contribution >= 0.6 is 0 Å². The monoisotopic (exact) mass is 230 g/mol. The van der Waals surface area contributed by atoms with Crippen LogP contribution in [0.2, 0.25) is 0 Å². The fourth-order valence-electron chi connectivity index (χ4n) is 1.64. The molecular formula is C14H14O3. The molecule has 0 saturated heterocycles. The Morgan fingerprint density at radius 3 is 2.94 bits per heavy atom. The molecule has 1 heterocycles. The van der Waals surface area contributed by atoms with Gasteiger partial charge >= 0.3 is 5.63 Å². The van der Waals surface area contributed by atoms with Crippen LogP contribution in [0.15, 0.2) is 45.6 Å². The summed E-state index contributed by atoms with van der Waals surface area (Å²) in [7, 11) is 0. The summed E-state index contributed by atoms with van der Waals surface area (Å²) >= 11 is 0. The lowest BCUT2D eigenvalue weighted by atomic mass is 10.1. The first-order valence-corrected chi connectivity index (χ1v) is 5.49. The molecule has 0 fully saturated rings. The SMILES string of the molecule is C/C=C/COc1ccc2c(C)cc(=O)oc2c1. The molecule has 0 radical (unpaired) electrons. The van der Waals surface area contributed by atoms with Gasteiger partial charge < -0.3 is 9.15 Å². The minimum absolute atomic E-state index is 0.333. The van der Waals surface area contributed by atoms with Crippen LogP contribution < -0.4 is 10.4 Å². The zero-order valence-corrected chi connectivity index (χ0v) is 9.90. The topological polar surface area (TPSA) is 39.4 Å². The Labute approximate surface area is 99.3 Å². The molecule has 88 valence electrons. The largest absolute Gasteiger partial charge is 0.489 e. The Bertz CT molecular complexity index is 608. The Balaban J connectivity index is 2.39. The van der Waals surface area contributed by atoms with Crippen LogP contribution in [0.4, 0.5) is 0 Å². The van der Waals surface area contributed by atoms with Gasteiger partial charge in [-0.05, 0) is 31.5 Å². The summed E-state index contributed by atoms with van der Waals surface area (Å²) in [6.45, 7) is 4.34. The third-order valence-electron chi connectivity index (χ3n) is 2.50. The first kappa shape index (κ1) is 11.5. The van der Waals surface area contributed by atoms with E-state index < -0.39 is 0 Å². The maximum Gasteiger partial charge on any atom is 0.336 e. The highest BCUT2D eigenvalue weighted by Gasteiger charge is 2.03. The van der Waals surface area contributed by atoms with Crippen molar-refractivity contribution in [3.8, 4) is 5.75 Å². The van der Waals surface area contributed by atoms with Gasteiger partial charge in [-0.3, -0.25) is 0 Å². The number of hydrogen-bond acceptors (Lipinski definition) is 3. The van der Waals surface area contributed by atoms with Crippen molar-refractivity contribution in [2.75, 3.05) is 6.61 Å². The average Bonchev–Trinajstić information content (AvgIpc) is 2.28. The van der Waals surface area contributed by atoms with Gasteiger partial charge in [-0.15, -0.1) is 0 Å². The van der Waals surface area contributed by atoms with Gasteiger partial charge in [0.2, 0.25) is 0 Å². The molecule has 0 bridgehead atoms. The van der Waals surface area contributed by atoms with Crippen molar-refractivity contribution in [2.24, 2.45) is 0 Å². The van der Waals surface area contributed by atoms with Gasteiger partial charge in [-0.1, -0.05) is 12.2 Å². The van der Waals surface area contributed by atoms with E-state index in [0.717, 1.165) is 10.9 Å². The van der Waals surface area contributed by atoms with Crippen molar-refractivity contribution in [3.05, 3.63) is 52.4 Å². The summed E-state index contributed by atoms with van der Waals surface area (Å²) in [4.78, 5) is 11.3. The molecule has 1 aromatic heterocycles. The summed E-state index contributed by atoms with van der Waals surface area (Å²) in [6.07, 6.45) is 3.84. The molecule has 0 atom stereocenters. The summed E-state index contributed by atoms with van der Waals surface area (Å²) in [5.74, 6) is 0.698. The molecule has 17 heavy (non-hydrogen) atoms. The Morgan fingerprint density at radius 1 is 1.35 bits per heavy atom. The Kier molecular flexibility index (Phi) is 3.28. The quantitative estimate of drug-likeness (QED) is 0.601. The molecule has 0 aliphatic rings. The zero-order chi connectivity index (χ0) is 12.3. The summed E-state index contributed by atoms with van der Waals surface area (Å²) < 4.78 is 10.6. The lowest BCUT2D eigenvalue weighted by Crippen LogP contribution is -1.98. The van der Waals surface area contributed by atoms with Crippen LogP contribution in [0.25, 0.3) is 11.0 Å². The van der Waals surface area contributed by atoms with Gasteiger partial charge in [-0.2, -0.15) is 0 Å².